The molecule has 2 heterocycles. The van der Waals surface area contributed by atoms with Crippen molar-refractivity contribution in [2.75, 3.05) is 0 Å². The van der Waals surface area contributed by atoms with Crippen molar-refractivity contribution < 1.29 is 4.79 Å². The second kappa shape index (κ2) is 6.00. The smallest absolute Gasteiger partial charge is 0.276 e. The average molecular weight is 308 g/mol. The van der Waals surface area contributed by atoms with Crippen molar-refractivity contribution in [3.63, 3.8) is 0 Å². The first-order valence-corrected chi connectivity index (χ1v) is 7.21. The summed E-state index contributed by atoms with van der Waals surface area (Å²) in [6.45, 7) is 2.22. The Morgan fingerprint density at radius 3 is 2.70 bits per heavy atom. The van der Waals surface area contributed by atoms with E-state index in [4.69, 9.17) is 0 Å². The van der Waals surface area contributed by atoms with Crippen LogP contribution in [-0.4, -0.2) is 20.7 Å². The second-order valence-corrected chi connectivity index (χ2v) is 5.36. The van der Waals surface area contributed by atoms with Gasteiger partial charge in [-0.2, -0.15) is 5.10 Å². The Kier molecular flexibility index (Phi) is 3.89. The van der Waals surface area contributed by atoms with E-state index in [1.807, 2.05) is 19.1 Å². The number of nitrogens with one attached hydrogen (secondary N) is 1. The first-order valence-electron chi connectivity index (χ1n) is 7.21. The van der Waals surface area contributed by atoms with Gasteiger partial charge in [-0.25, -0.2) is 0 Å². The summed E-state index contributed by atoms with van der Waals surface area (Å²) in [5, 5.41) is 7.34. The van der Waals surface area contributed by atoms with E-state index in [1.54, 1.807) is 42.3 Å². The Morgan fingerprint density at radius 1 is 1.22 bits per heavy atom. The van der Waals surface area contributed by atoms with Gasteiger partial charge in [0.05, 0.1) is 10.9 Å². The van der Waals surface area contributed by atoms with Crippen LogP contribution in [-0.2, 0) is 13.6 Å². The van der Waals surface area contributed by atoms with Gasteiger partial charge >= 0.3 is 0 Å². The molecule has 0 aliphatic rings. The van der Waals surface area contributed by atoms with Gasteiger partial charge in [0.1, 0.15) is 0 Å². The van der Waals surface area contributed by atoms with Crippen LogP contribution < -0.4 is 10.7 Å². The molecule has 116 valence electrons. The molecule has 0 aliphatic carbocycles. The summed E-state index contributed by atoms with van der Waals surface area (Å²) in [6, 6.07) is 9.12. The van der Waals surface area contributed by atoms with E-state index in [2.05, 4.69) is 15.4 Å². The number of aromatic nitrogens is 3. The Morgan fingerprint density at radius 2 is 1.96 bits per heavy atom. The maximum absolute atomic E-state index is 12.5. The quantitative estimate of drug-likeness (QED) is 0.796. The summed E-state index contributed by atoms with van der Waals surface area (Å²) < 4.78 is 1.55. The molecule has 3 aromatic rings. The lowest BCUT2D eigenvalue weighted by Crippen LogP contribution is -2.31. The third-order valence-corrected chi connectivity index (χ3v) is 3.63. The lowest BCUT2D eigenvalue weighted by Gasteiger charge is -2.09. The predicted molar refractivity (Wildman–Crippen MR) is 87.1 cm³/mol. The van der Waals surface area contributed by atoms with Crippen molar-refractivity contribution in [3.8, 4) is 0 Å². The summed E-state index contributed by atoms with van der Waals surface area (Å²) in [5.41, 5.74) is 2.12. The van der Waals surface area contributed by atoms with Gasteiger partial charge in [-0.15, -0.1) is 0 Å². The van der Waals surface area contributed by atoms with Gasteiger partial charge in [0.15, 0.2) is 5.69 Å². The SMILES string of the molecule is Cc1ccc2c(c1)c(=O)c(C(=O)NCc1ccncc1)nn2C. The monoisotopic (exact) mass is 308 g/mol. The van der Waals surface area contributed by atoms with E-state index in [9.17, 15) is 9.59 Å². The van der Waals surface area contributed by atoms with Gasteiger partial charge in [0, 0.05) is 26.0 Å². The fraction of sp³-hybridized carbons (Fsp3) is 0.176. The summed E-state index contributed by atoms with van der Waals surface area (Å²) in [7, 11) is 1.72. The number of pyridine rings is 1. The first kappa shape index (κ1) is 14.9. The summed E-state index contributed by atoms with van der Waals surface area (Å²) >= 11 is 0. The third-order valence-electron chi connectivity index (χ3n) is 3.63. The van der Waals surface area contributed by atoms with E-state index in [-0.39, 0.29) is 11.1 Å². The molecule has 23 heavy (non-hydrogen) atoms. The molecule has 2 aromatic heterocycles. The zero-order valence-corrected chi connectivity index (χ0v) is 12.9. The Balaban J connectivity index is 1.94. The lowest BCUT2D eigenvalue weighted by atomic mass is 10.1. The molecule has 0 aliphatic heterocycles. The van der Waals surface area contributed by atoms with Crippen LogP contribution in [0, 0.1) is 6.92 Å². The largest absolute Gasteiger partial charge is 0.346 e. The highest BCUT2D eigenvalue weighted by Gasteiger charge is 2.16. The van der Waals surface area contributed by atoms with Crippen molar-refractivity contribution >= 4 is 16.8 Å². The molecule has 0 fully saturated rings. The fourth-order valence-corrected chi connectivity index (χ4v) is 2.41. The molecule has 0 spiro atoms. The Labute approximate surface area is 132 Å². The molecular formula is C17H16N4O2. The van der Waals surface area contributed by atoms with Crippen LogP contribution in [0.2, 0.25) is 0 Å². The molecule has 3 rings (SSSR count). The molecule has 0 unspecified atom stereocenters. The third kappa shape index (κ3) is 2.96. The van der Waals surface area contributed by atoms with Crippen molar-refractivity contribution in [3.05, 3.63) is 69.8 Å². The zero-order chi connectivity index (χ0) is 16.4. The van der Waals surface area contributed by atoms with Crippen LogP contribution in [0.15, 0.2) is 47.5 Å². The van der Waals surface area contributed by atoms with Crippen molar-refractivity contribution in [2.24, 2.45) is 7.05 Å². The maximum atomic E-state index is 12.5. The van der Waals surface area contributed by atoms with Crippen molar-refractivity contribution in [1.82, 2.24) is 20.1 Å². The summed E-state index contributed by atoms with van der Waals surface area (Å²) in [6.07, 6.45) is 3.30. The number of carbonyl (C=O) groups excluding carboxylic acids is 1. The van der Waals surface area contributed by atoms with E-state index in [0.717, 1.165) is 11.1 Å². The van der Waals surface area contributed by atoms with Gasteiger partial charge in [-0.3, -0.25) is 19.3 Å². The van der Waals surface area contributed by atoms with Gasteiger partial charge in [0.25, 0.3) is 5.91 Å². The number of benzene rings is 1. The number of rotatable bonds is 3. The number of hydrogen-bond donors (Lipinski definition) is 1. The fourth-order valence-electron chi connectivity index (χ4n) is 2.41. The zero-order valence-electron chi connectivity index (χ0n) is 12.9. The summed E-state index contributed by atoms with van der Waals surface area (Å²) in [4.78, 5) is 28.8. The van der Waals surface area contributed by atoms with Crippen LogP contribution >= 0.6 is 0 Å². The summed E-state index contributed by atoms with van der Waals surface area (Å²) in [5.74, 6) is -0.481. The Bertz CT molecular complexity index is 932. The number of amides is 1. The molecule has 0 radical (unpaired) electrons. The molecule has 1 N–H and O–H groups in total. The van der Waals surface area contributed by atoms with E-state index in [0.29, 0.717) is 17.4 Å². The molecule has 1 amide bonds. The molecule has 0 saturated heterocycles. The molecular weight excluding hydrogens is 292 g/mol. The van der Waals surface area contributed by atoms with Gasteiger partial charge in [0.2, 0.25) is 5.43 Å². The predicted octanol–water partition coefficient (Wildman–Crippen LogP) is 1.57. The van der Waals surface area contributed by atoms with E-state index >= 15 is 0 Å². The normalized spacial score (nSPS) is 10.7. The standard InChI is InChI=1S/C17H16N4O2/c1-11-3-4-14-13(9-11)16(22)15(20-21(14)2)17(23)19-10-12-5-7-18-8-6-12/h3-9H,10H2,1-2H3,(H,19,23). The highest BCUT2D eigenvalue weighted by molar-refractivity contribution is 5.95. The van der Waals surface area contributed by atoms with Crippen molar-refractivity contribution in [2.45, 2.75) is 13.5 Å². The topological polar surface area (TPSA) is 76.9 Å². The lowest BCUT2D eigenvalue weighted by molar-refractivity contribution is 0.0943. The highest BCUT2D eigenvalue weighted by Crippen LogP contribution is 2.11. The van der Waals surface area contributed by atoms with Crippen LogP contribution in [0.25, 0.3) is 10.9 Å². The molecule has 1 aromatic carbocycles. The number of fused-ring (bicyclic) bond motifs is 1. The van der Waals surface area contributed by atoms with Crippen molar-refractivity contribution in [1.29, 1.82) is 0 Å². The van der Waals surface area contributed by atoms with Crippen LogP contribution in [0.1, 0.15) is 21.6 Å². The van der Waals surface area contributed by atoms with E-state index in [1.165, 1.54) is 0 Å². The van der Waals surface area contributed by atoms with Crippen LogP contribution in [0.4, 0.5) is 0 Å². The van der Waals surface area contributed by atoms with Gasteiger partial charge < -0.3 is 5.32 Å². The molecule has 6 nitrogen and oxygen atoms in total. The Hall–Kier alpha value is -3.02. The molecule has 0 atom stereocenters. The average Bonchev–Trinajstić information content (AvgIpc) is 2.56. The minimum absolute atomic E-state index is 0.0975. The molecule has 0 saturated carbocycles. The highest BCUT2D eigenvalue weighted by atomic mass is 16.2. The first-order chi connectivity index (χ1) is 11.1. The number of aryl methyl sites for hydroxylation is 2. The maximum Gasteiger partial charge on any atom is 0.276 e. The number of nitrogens with zero attached hydrogens (tertiary/aromatic N) is 3. The number of hydrogen-bond acceptors (Lipinski definition) is 4. The molecule has 6 heteroatoms. The minimum atomic E-state index is -0.481. The minimum Gasteiger partial charge on any atom is -0.346 e. The van der Waals surface area contributed by atoms with E-state index < -0.39 is 5.91 Å². The van der Waals surface area contributed by atoms with Crippen LogP contribution in [0.3, 0.4) is 0 Å². The molecule has 0 bridgehead atoms. The number of carbonyl (C=O) groups is 1. The van der Waals surface area contributed by atoms with Crippen LogP contribution in [0.5, 0.6) is 0 Å². The van der Waals surface area contributed by atoms with Gasteiger partial charge in [-0.1, -0.05) is 11.6 Å². The van der Waals surface area contributed by atoms with Gasteiger partial charge in [-0.05, 0) is 36.8 Å². The second-order valence-electron chi connectivity index (χ2n) is 5.36.